The predicted octanol–water partition coefficient (Wildman–Crippen LogP) is 1.07. The van der Waals surface area contributed by atoms with Gasteiger partial charge in [-0.05, 0) is 24.6 Å². The summed E-state index contributed by atoms with van der Waals surface area (Å²) in [6.45, 7) is 1.96. The predicted molar refractivity (Wildman–Crippen MR) is 81.3 cm³/mol. The highest BCUT2D eigenvalue weighted by molar-refractivity contribution is 5.90. The van der Waals surface area contributed by atoms with E-state index in [2.05, 4.69) is 15.3 Å². The van der Waals surface area contributed by atoms with Gasteiger partial charge in [-0.25, -0.2) is 9.78 Å². The molecule has 8 nitrogen and oxygen atoms in total. The molecule has 1 aliphatic rings. The first kappa shape index (κ1) is 15.7. The Balaban J connectivity index is 1.52. The van der Waals surface area contributed by atoms with Crippen LogP contribution in [0.1, 0.15) is 23.0 Å². The van der Waals surface area contributed by atoms with Crippen LogP contribution in [0, 0.1) is 0 Å². The van der Waals surface area contributed by atoms with Gasteiger partial charge in [0.15, 0.2) is 23.3 Å². The van der Waals surface area contributed by atoms with E-state index >= 15 is 0 Å². The third-order valence-corrected chi connectivity index (χ3v) is 3.33. The Kier molecular flexibility index (Phi) is 4.55. The summed E-state index contributed by atoms with van der Waals surface area (Å²) in [5.74, 6) is 0.207. The van der Waals surface area contributed by atoms with Crippen LogP contribution >= 0.6 is 0 Å². The average Bonchev–Trinajstić information content (AvgIpc) is 3.08. The Hall–Kier alpha value is -3.16. The molecule has 0 spiro atoms. The third-order valence-electron chi connectivity index (χ3n) is 3.33. The van der Waals surface area contributed by atoms with Crippen molar-refractivity contribution in [1.29, 1.82) is 0 Å². The third kappa shape index (κ3) is 3.60. The Morgan fingerprint density at radius 2 is 2.12 bits per heavy atom. The largest absolute Gasteiger partial charge is 0.454 e. The summed E-state index contributed by atoms with van der Waals surface area (Å²) in [6.07, 6.45) is 3.15. The molecular weight excluding hydrogens is 314 g/mol. The average molecular weight is 329 g/mol. The smallest absolute Gasteiger partial charge is 0.359 e. The zero-order valence-corrected chi connectivity index (χ0v) is 12.9. The number of rotatable bonds is 5. The van der Waals surface area contributed by atoms with Crippen LogP contribution in [0.15, 0.2) is 36.8 Å². The monoisotopic (exact) mass is 329 g/mol. The van der Waals surface area contributed by atoms with E-state index in [-0.39, 0.29) is 19.0 Å². The molecule has 1 amide bonds. The Bertz CT molecular complexity index is 751. The van der Waals surface area contributed by atoms with Crippen LogP contribution in [-0.2, 0) is 16.1 Å². The SMILES string of the molecule is CC(OC(=O)c1cnccn1)C(=O)NCc1ccc2c(c1)OCO2. The normalized spacial score (nSPS) is 13.2. The summed E-state index contributed by atoms with van der Waals surface area (Å²) in [7, 11) is 0. The van der Waals surface area contributed by atoms with Crippen molar-refractivity contribution in [2.24, 2.45) is 0 Å². The van der Waals surface area contributed by atoms with E-state index in [0.29, 0.717) is 11.5 Å². The van der Waals surface area contributed by atoms with E-state index in [1.54, 1.807) is 12.1 Å². The number of esters is 1. The van der Waals surface area contributed by atoms with Gasteiger partial charge in [0.25, 0.3) is 5.91 Å². The molecule has 24 heavy (non-hydrogen) atoms. The van der Waals surface area contributed by atoms with E-state index < -0.39 is 18.0 Å². The van der Waals surface area contributed by atoms with Gasteiger partial charge in [0.2, 0.25) is 6.79 Å². The van der Waals surface area contributed by atoms with Crippen molar-refractivity contribution in [3.63, 3.8) is 0 Å². The van der Waals surface area contributed by atoms with Crippen LogP contribution in [0.4, 0.5) is 0 Å². The molecule has 0 saturated heterocycles. The molecule has 124 valence electrons. The van der Waals surface area contributed by atoms with Crippen LogP contribution in [0.2, 0.25) is 0 Å². The molecule has 1 unspecified atom stereocenters. The number of hydrogen-bond donors (Lipinski definition) is 1. The van der Waals surface area contributed by atoms with Crippen molar-refractivity contribution >= 4 is 11.9 Å². The first-order chi connectivity index (χ1) is 11.6. The lowest BCUT2D eigenvalue weighted by atomic mass is 10.2. The fourth-order valence-electron chi connectivity index (χ4n) is 2.06. The fourth-order valence-corrected chi connectivity index (χ4v) is 2.06. The standard InChI is InChI=1S/C16H15N3O5/c1-10(24-16(21)12-8-17-4-5-18-12)15(20)19-7-11-2-3-13-14(6-11)23-9-22-13/h2-6,8,10H,7,9H2,1H3,(H,19,20). The molecule has 1 aromatic carbocycles. The topological polar surface area (TPSA) is 99.6 Å². The molecule has 0 radical (unpaired) electrons. The Labute approximate surface area is 137 Å². The molecule has 1 aliphatic heterocycles. The number of carbonyl (C=O) groups excluding carboxylic acids is 2. The maximum Gasteiger partial charge on any atom is 0.359 e. The van der Waals surface area contributed by atoms with Crippen LogP contribution < -0.4 is 14.8 Å². The molecule has 0 fully saturated rings. The lowest BCUT2D eigenvalue weighted by molar-refractivity contribution is -0.129. The number of aromatic nitrogens is 2. The summed E-state index contributed by atoms with van der Waals surface area (Å²) < 4.78 is 15.6. The molecule has 0 saturated carbocycles. The molecule has 8 heteroatoms. The summed E-state index contributed by atoms with van der Waals surface area (Å²) in [6, 6.07) is 5.39. The van der Waals surface area contributed by atoms with Crippen molar-refractivity contribution in [2.75, 3.05) is 6.79 Å². The minimum absolute atomic E-state index is 0.0490. The molecular formula is C16H15N3O5. The fraction of sp³-hybridized carbons (Fsp3) is 0.250. The first-order valence-electron chi connectivity index (χ1n) is 7.27. The van der Waals surface area contributed by atoms with Gasteiger partial charge < -0.3 is 19.5 Å². The molecule has 1 N–H and O–H groups in total. The number of carbonyl (C=O) groups is 2. The number of nitrogens with one attached hydrogen (secondary N) is 1. The zero-order chi connectivity index (χ0) is 16.9. The van der Waals surface area contributed by atoms with Gasteiger partial charge in [-0.15, -0.1) is 0 Å². The van der Waals surface area contributed by atoms with Crippen molar-refractivity contribution in [1.82, 2.24) is 15.3 Å². The van der Waals surface area contributed by atoms with Crippen LogP contribution in [0.5, 0.6) is 11.5 Å². The molecule has 3 rings (SSSR count). The summed E-state index contributed by atoms with van der Waals surface area (Å²) in [5.41, 5.74) is 0.896. The first-order valence-corrected chi connectivity index (χ1v) is 7.27. The number of fused-ring (bicyclic) bond motifs is 1. The maximum atomic E-state index is 12.0. The Morgan fingerprint density at radius 1 is 1.29 bits per heavy atom. The number of nitrogens with zero attached hydrogens (tertiary/aromatic N) is 2. The van der Waals surface area contributed by atoms with Crippen molar-refractivity contribution in [2.45, 2.75) is 19.6 Å². The maximum absolute atomic E-state index is 12.0. The van der Waals surface area contributed by atoms with E-state index in [1.807, 2.05) is 6.07 Å². The molecule has 2 aromatic rings. The van der Waals surface area contributed by atoms with E-state index in [9.17, 15) is 9.59 Å². The van der Waals surface area contributed by atoms with Gasteiger partial charge in [-0.2, -0.15) is 0 Å². The molecule has 1 atom stereocenters. The highest BCUT2D eigenvalue weighted by Crippen LogP contribution is 2.32. The lowest BCUT2D eigenvalue weighted by Gasteiger charge is -2.13. The number of ether oxygens (including phenoxy) is 3. The van der Waals surface area contributed by atoms with E-state index in [1.165, 1.54) is 25.5 Å². The summed E-state index contributed by atoms with van der Waals surface area (Å²) >= 11 is 0. The van der Waals surface area contributed by atoms with Crippen LogP contribution in [0.25, 0.3) is 0 Å². The minimum atomic E-state index is -0.950. The van der Waals surface area contributed by atoms with E-state index in [0.717, 1.165) is 5.56 Å². The summed E-state index contributed by atoms with van der Waals surface area (Å²) in [5, 5.41) is 2.70. The van der Waals surface area contributed by atoms with Crippen molar-refractivity contribution in [3.8, 4) is 11.5 Å². The van der Waals surface area contributed by atoms with Gasteiger partial charge in [0, 0.05) is 18.9 Å². The minimum Gasteiger partial charge on any atom is -0.454 e. The van der Waals surface area contributed by atoms with Gasteiger partial charge in [0.05, 0.1) is 6.20 Å². The quantitative estimate of drug-likeness (QED) is 0.819. The second-order valence-electron chi connectivity index (χ2n) is 5.04. The highest BCUT2D eigenvalue weighted by Gasteiger charge is 2.20. The van der Waals surface area contributed by atoms with Gasteiger partial charge >= 0.3 is 5.97 Å². The van der Waals surface area contributed by atoms with Crippen molar-refractivity contribution in [3.05, 3.63) is 48.0 Å². The van der Waals surface area contributed by atoms with Crippen molar-refractivity contribution < 1.29 is 23.8 Å². The van der Waals surface area contributed by atoms with E-state index in [4.69, 9.17) is 14.2 Å². The number of amides is 1. The second kappa shape index (κ2) is 6.95. The second-order valence-corrected chi connectivity index (χ2v) is 5.04. The highest BCUT2D eigenvalue weighted by atomic mass is 16.7. The molecule has 0 bridgehead atoms. The molecule has 2 heterocycles. The van der Waals surface area contributed by atoms with Gasteiger partial charge in [0.1, 0.15) is 0 Å². The number of benzene rings is 1. The van der Waals surface area contributed by atoms with Crippen LogP contribution in [0.3, 0.4) is 0 Å². The molecule has 0 aliphatic carbocycles. The van der Waals surface area contributed by atoms with Gasteiger partial charge in [-0.3, -0.25) is 9.78 Å². The zero-order valence-electron chi connectivity index (χ0n) is 12.9. The lowest BCUT2D eigenvalue weighted by Crippen LogP contribution is -2.35. The number of hydrogen-bond acceptors (Lipinski definition) is 7. The van der Waals surface area contributed by atoms with Crippen LogP contribution in [-0.4, -0.2) is 34.7 Å². The molecule has 1 aromatic heterocycles. The Morgan fingerprint density at radius 3 is 2.92 bits per heavy atom. The summed E-state index contributed by atoms with van der Waals surface area (Å²) in [4.78, 5) is 31.5. The van der Waals surface area contributed by atoms with Gasteiger partial charge in [-0.1, -0.05) is 6.07 Å².